The zero-order chi connectivity index (χ0) is 16.8. The number of carbonyl (C=O) groups is 1. The monoisotopic (exact) mass is 335 g/mol. The summed E-state index contributed by atoms with van der Waals surface area (Å²) in [6.45, 7) is 6.12. The fourth-order valence-corrected chi connectivity index (χ4v) is 2.28. The SMILES string of the molecule is COc1ccc(-c2nnc(SCC(=O)NC(C)C(C)C)o2)cc1. The van der Waals surface area contributed by atoms with Crippen molar-refractivity contribution in [1.29, 1.82) is 0 Å². The fourth-order valence-electron chi connectivity index (χ4n) is 1.71. The van der Waals surface area contributed by atoms with Crippen molar-refractivity contribution in [2.45, 2.75) is 32.0 Å². The summed E-state index contributed by atoms with van der Waals surface area (Å²) in [5.41, 5.74) is 0.808. The van der Waals surface area contributed by atoms with Gasteiger partial charge in [0.15, 0.2) is 0 Å². The number of ether oxygens (including phenoxy) is 1. The second-order valence-corrected chi connectivity index (χ2v) is 6.42. The first-order chi connectivity index (χ1) is 11.0. The van der Waals surface area contributed by atoms with E-state index in [4.69, 9.17) is 9.15 Å². The number of amides is 1. The number of hydrogen-bond donors (Lipinski definition) is 1. The van der Waals surface area contributed by atoms with Gasteiger partial charge in [-0.2, -0.15) is 0 Å². The quantitative estimate of drug-likeness (QED) is 0.784. The van der Waals surface area contributed by atoms with Crippen molar-refractivity contribution in [1.82, 2.24) is 15.5 Å². The Kier molecular flexibility index (Phi) is 6.04. The number of rotatable bonds is 7. The van der Waals surface area contributed by atoms with Crippen LogP contribution in [0.4, 0.5) is 0 Å². The third-order valence-corrected chi connectivity index (χ3v) is 4.28. The first kappa shape index (κ1) is 17.3. The Morgan fingerprint density at radius 1 is 1.26 bits per heavy atom. The molecule has 0 aliphatic heterocycles. The Labute approximate surface area is 140 Å². The Morgan fingerprint density at radius 2 is 1.96 bits per heavy atom. The molecule has 1 atom stereocenters. The van der Waals surface area contributed by atoms with E-state index in [0.29, 0.717) is 17.0 Å². The summed E-state index contributed by atoms with van der Waals surface area (Å²) in [5.74, 6) is 1.79. The minimum absolute atomic E-state index is 0.0413. The van der Waals surface area contributed by atoms with Gasteiger partial charge < -0.3 is 14.5 Å². The van der Waals surface area contributed by atoms with Crippen LogP contribution < -0.4 is 10.1 Å². The highest BCUT2D eigenvalue weighted by molar-refractivity contribution is 7.99. The van der Waals surface area contributed by atoms with Gasteiger partial charge in [0.1, 0.15) is 5.75 Å². The summed E-state index contributed by atoms with van der Waals surface area (Å²) < 4.78 is 10.7. The molecule has 23 heavy (non-hydrogen) atoms. The number of aromatic nitrogens is 2. The average molecular weight is 335 g/mol. The van der Waals surface area contributed by atoms with E-state index in [2.05, 4.69) is 29.4 Å². The molecule has 0 fully saturated rings. The second-order valence-electron chi connectivity index (χ2n) is 5.49. The average Bonchev–Trinajstić information content (AvgIpc) is 3.02. The van der Waals surface area contributed by atoms with Crippen LogP contribution in [-0.2, 0) is 4.79 Å². The summed E-state index contributed by atoms with van der Waals surface area (Å²) in [7, 11) is 1.61. The molecule has 0 saturated carbocycles. The standard InChI is InChI=1S/C16H21N3O3S/c1-10(2)11(3)17-14(20)9-23-16-19-18-15(22-16)12-5-7-13(21-4)8-6-12/h5-8,10-11H,9H2,1-4H3,(H,17,20). The maximum atomic E-state index is 11.8. The zero-order valence-corrected chi connectivity index (χ0v) is 14.5. The summed E-state index contributed by atoms with van der Waals surface area (Å²) in [4.78, 5) is 11.8. The predicted molar refractivity (Wildman–Crippen MR) is 89.5 cm³/mol. The molecule has 2 rings (SSSR count). The molecule has 1 heterocycles. The van der Waals surface area contributed by atoms with Crippen molar-refractivity contribution < 1.29 is 13.9 Å². The van der Waals surface area contributed by atoms with E-state index >= 15 is 0 Å². The Bertz CT molecular complexity index is 640. The largest absolute Gasteiger partial charge is 0.497 e. The first-order valence-electron chi connectivity index (χ1n) is 7.39. The Balaban J connectivity index is 1.90. The molecule has 1 aromatic carbocycles. The van der Waals surface area contributed by atoms with Crippen molar-refractivity contribution in [2.75, 3.05) is 12.9 Å². The van der Waals surface area contributed by atoms with Gasteiger partial charge in [-0.15, -0.1) is 10.2 Å². The number of benzene rings is 1. The van der Waals surface area contributed by atoms with E-state index in [1.165, 1.54) is 11.8 Å². The molecule has 1 aromatic heterocycles. The van der Waals surface area contributed by atoms with Crippen LogP contribution in [0.3, 0.4) is 0 Å². The molecular weight excluding hydrogens is 314 g/mol. The van der Waals surface area contributed by atoms with Crippen molar-refractivity contribution >= 4 is 17.7 Å². The van der Waals surface area contributed by atoms with Crippen LogP contribution in [0.1, 0.15) is 20.8 Å². The van der Waals surface area contributed by atoms with Crippen molar-refractivity contribution in [3.63, 3.8) is 0 Å². The lowest BCUT2D eigenvalue weighted by Gasteiger charge is -2.16. The lowest BCUT2D eigenvalue weighted by Crippen LogP contribution is -2.37. The van der Waals surface area contributed by atoms with E-state index in [0.717, 1.165) is 11.3 Å². The van der Waals surface area contributed by atoms with Gasteiger partial charge in [0.2, 0.25) is 11.8 Å². The van der Waals surface area contributed by atoms with Crippen LogP contribution in [0.5, 0.6) is 5.75 Å². The van der Waals surface area contributed by atoms with Gasteiger partial charge in [-0.3, -0.25) is 4.79 Å². The minimum Gasteiger partial charge on any atom is -0.497 e. The smallest absolute Gasteiger partial charge is 0.277 e. The summed E-state index contributed by atoms with van der Waals surface area (Å²) in [5, 5.41) is 11.3. The van der Waals surface area contributed by atoms with Crippen LogP contribution in [0.15, 0.2) is 33.9 Å². The predicted octanol–water partition coefficient (Wildman–Crippen LogP) is 3.00. The molecular formula is C16H21N3O3S. The molecule has 1 amide bonds. The van der Waals surface area contributed by atoms with E-state index in [1.807, 2.05) is 31.2 Å². The van der Waals surface area contributed by atoms with Gasteiger partial charge >= 0.3 is 0 Å². The Hall–Kier alpha value is -2.02. The highest BCUT2D eigenvalue weighted by atomic mass is 32.2. The maximum Gasteiger partial charge on any atom is 0.277 e. The van der Waals surface area contributed by atoms with Gasteiger partial charge in [0, 0.05) is 11.6 Å². The van der Waals surface area contributed by atoms with Crippen molar-refractivity contribution in [2.24, 2.45) is 5.92 Å². The topological polar surface area (TPSA) is 77.2 Å². The second kappa shape index (κ2) is 8.01. The molecule has 6 nitrogen and oxygen atoms in total. The third-order valence-electron chi connectivity index (χ3n) is 3.46. The molecule has 1 N–H and O–H groups in total. The van der Waals surface area contributed by atoms with Gasteiger partial charge in [-0.1, -0.05) is 25.6 Å². The summed E-state index contributed by atoms with van der Waals surface area (Å²) >= 11 is 1.23. The summed E-state index contributed by atoms with van der Waals surface area (Å²) in [6, 6.07) is 7.48. The van der Waals surface area contributed by atoms with Crippen molar-refractivity contribution in [3.05, 3.63) is 24.3 Å². The highest BCUT2D eigenvalue weighted by Gasteiger charge is 2.14. The molecule has 0 spiro atoms. The van der Waals surface area contributed by atoms with Crippen molar-refractivity contribution in [3.8, 4) is 17.2 Å². The van der Waals surface area contributed by atoms with Crippen LogP contribution >= 0.6 is 11.8 Å². The van der Waals surface area contributed by atoms with Gasteiger partial charge in [0.05, 0.1) is 12.9 Å². The molecule has 2 aromatic rings. The van der Waals surface area contributed by atoms with Gasteiger partial charge in [0.25, 0.3) is 5.22 Å². The normalized spacial score (nSPS) is 12.2. The van der Waals surface area contributed by atoms with E-state index in [9.17, 15) is 4.79 Å². The lowest BCUT2D eigenvalue weighted by atomic mass is 10.1. The molecule has 0 bridgehead atoms. The number of hydrogen-bond acceptors (Lipinski definition) is 6. The molecule has 0 aliphatic rings. The zero-order valence-electron chi connectivity index (χ0n) is 13.7. The third kappa shape index (κ3) is 4.99. The van der Waals surface area contributed by atoms with Crippen LogP contribution in [0, 0.1) is 5.92 Å². The lowest BCUT2D eigenvalue weighted by molar-refractivity contribution is -0.119. The number of carbonyl (C=O) groups excluding carboxylic acids is 1. The Morgan fingerprint density at radius 3 is 2.57 bits per heavy atom. The molecule has 0 saturated heterocycles. The number of nitrogens with one attached hydrogen (secondary N) is 1. The number of thioether (sulfide) groups is 1. The van der Waals surface area contributed by atoms with Crippen LogP contribution in [0.25, 0.3) is 11.5 Å². The number of methoxy groups -OCH3 is 1. The molecule has 0 aliphatic carbocycles. The maximum absolute atomic E-state index is 11.8. The van der Waals surface area contributed by atoms with E-state index in [1.54, 1.807) is 7.11 Å². The molecule has 1 unspecified atom stereocenters. The molecule has 0 radical (unpaired) electrons. The molecule has 124 valence electrons. The van der Waals surface area contributed by atoms with Gasteiger partial charge in [-0.25, -0.2) is 0 Å². The van der Waals surface area contributed by atoms with E-state index in [-0.39, 0.29) is 17.7 Å². The van der Waals surface area contributed by atoms with Crippen LogP contribution in [-0.4, -0.2) is 35.0 Å². The first-order valence-corrected chi connectivity index (χ1v) is 8.38. The highest BCUT2D eigenvalue weighted by Crippen LogP contribution is 2.24. The number of nitrogens with zero attached hydrogens (tertiary/aromatic N) is 2. The fraction of sp³-hybridized carbons (Fsp3) is 0.438. The minimum atomic E-state index is -0.0413. The summed E-state index contributed by atoms with van der Waals surface area (Å²) in [6.07, 6.45) is 0. The van der Waals surface area contributed by atoms with Gasteiger partial charge in [-0.05, 0) is 37.1 Å². The van der Waals surface area contributed by atoms with Crippen LogP contribution in [0.2, 0.25) is 0 Å². The van der Waals surface area contributed by atoms with E-state index < -0.39 is 0 Å². The molecule has 7 heteroatoms.